The van der Waals surface area contributed by atoms with Crippen molar-refractivity contribution in [3.05, 3.63) is 17.0 Å². The van der Waals surface area contributed by atoms with Crippen LogP contribution in [0, 0.1) is 37.0 Å². The average Bonchev–Trinajstić information content (AvgIpc) is 2.89. The molecular weight excluding hydrogens is 328 g/mol. The van der Waals surface area contributed by atoms with Crippen molar-refractivity contribution in [2.24, 2.45) is 23.2 Å². The predicted octanol–water partition coefficient (Wildman–Crippen LogP) is 2.18. The summed E-state index contributed by atoms with van der Waals surface area (Å²) in [5, 5.41) is 10.4. The summed E-state index contributed by atoms with van der Waals surface area (Å²) >= 11 is 0. The maximum atomic E-state index is 13.1. The number of nitrogens with one attached hydrogen (secondary N) is 2. The van der Waals surface area contributed by atoms with Gasteiger partial charge in [-0.2, -0.15) is 5.10 Å². The zero-order valence-electron chi connectivity index (χ0n) is 15.7. The maximum Gasteiger partial charge on any atom is 0.274 e. The third-order valence-electron chi connectivity index (χ3n) is 7.67. The first-order chi connectivity index (χ1) is 12.5. The molecule has 3 unspecified atom stereocenters. The molecule has 3 heterocycles. The monoisotopic (exact) mass is 356 g/mol. The van der Waals surface area contributed by atoms with Gasteiger partial charge in [0.15, 0.2) is 5.69 Å². The fourth-order valence-electron chi connectivity index (χ4n) is 5.78. The van der Waals surface area contributed by atoms with Crippen LogP contribution in [-0.4, -0.2) is 46.0 Å². The third kappa shape index (κ3) is 2.26. The minimum absolute atomic E-state index is 0.0163. The zero-order chi connectivity index (χ0) is 18.1. The van der Waals surface area contributed by atoms with E-state index >= 15 is 0 Å². The molecule has 4 aliphatic carbocycles. The molecule has 6 aliphatic rings. The molecule has 3 atom stereocenters. The van der Waals surface area contributed by atoms with Crippen molar-refractivity contribution in [3.8, 4) is 0 Å². The number of piperidine rings is 2. The van der Waals surface area contributed by atoms with Crippen molar-refractivity contribution < 1.29 is 9.59 Å². The Bertz CT molecular complexity index is 753. The Morgan fingerprint density at radius 2 is 2.00 bits per heavy atom. The normalized spacial score (nSPS) is 37.1. The van der Waals surface area contributed by atoms with E-state index < -0.39 is 0 Å². The average molecular weight is 356 g/mol. The molecule has 2 N–H and O–H groups in total. The van der Waals surface area contributed by atoms with E-state index in [0.29, 0.717) is 17.5 Å². The number of nitrogens with zero attached hydrogens (tertiary/aromatic N) is 2. The summed E-state index contributed by atoms with van der Waals surface area (Å²) in [6.07, 6.45) is 6.66. The molecule has 26 heavy (non-hydrogen) atoms. The van der Waals surface area contributed by atoms with Crippen molar-refractivity contribution >= 4 is 11.8 Å². The Morgan fingerprint density at radius 3 is 2.58 bits per heavy atom. The van der Waals surface area contributed by atoms with E-state index in [1.165, 1.54) is 6.42 Å². The summed E-state index contributed by atoms with van der Waals surface area (Å²) in [6, 6.07) is 0.234. The first kappa shape index (κ1) is 16.3. The molecule has 0 spiro atoms. The van der Waals surface area contributed by atoms with Gasteiger partial charge in [-0.3, -0.25) is 14.7 Å². The molecule has 6 fully saturated rings. The standard InChI is InChI=1S/C20H28N4O2/c1-11-12(2)22-23-17(11)18(25)24-10-13-3-4-16(24)15(5-13)9-21-19(26)20-6-14(7-20)8-20/h13-16H,3-10H2,1-2H3,(H,21,26)(H,22,23). The Balaban J connectivity index is 1.27. The highest BCUT2D eigenvalue weighted by Gasteiger charge is 2.61. The van der Waals surface area contributed by atoms with Crippen LogP contribution >= 0.6 is 0 Å². The van der Waals surface area contributed by atoms with Gasteiger partial charge < -0.3 is 10.2 Å². The van der Waals surface area contributed by atoms with Crippen LogP contribution in [0.2, 0.25) is 0 Å². The minimum Gasteiger partial charge on any atom is -0.355 e. The number of hydrogen-bond donors (Lipinski definition) is 2. The summed E-state index contributed by atoms with van der Waals surface area (Å²) in [7, 11) is 0. The number of hydrogen-bond acceptors (Lipinski definition) is 3. The molecule has 7 rings (SSSR count). The number of H-pyrrole nitrogens is 1. The Hall–Kier alpha value is -1.85. The van der Waals surface area contributed by atoms with Crippen molar-refractivity contribution in [1.82, 2.24) is 20.4 Å². The second kappa shape index (κ2) is 5.57. The smallest absolute Gasteiger partial charge is 0.274 e. The van der Waals surface area contributed by atoms with Gasteiger partial charge in [0.1, 0.15) is 0 Å². The van der Waals surface area contributed by atoms with Crippen molar-refractivity contribution in [2.75, 3.05) is 13.1 Å². The second-order valence-electron chi connectivity index (χ2n) is 9.25. The van der Waals surface area contributed by atoms with Gasteiger partial charge in [-0.25, -0.2) is 0 Å². The highest BCUT2D eigenvalue weighted by atomic mass is 16.2. The van der Waals surface area contributed by atoms with Gasteiger partial charge in [-0.05, 0) is 70.1 Å². The van der Waals surface area contributed by atoms with Gasteiger partial charge in [0.2, 0.25) is 5.91 Å². The van der Waals surface area contributed by atoms with Gasteiger partial charge in [0, 0.05) is 35.8 Å². The highest BCUT2D eigenvalue weighted by molar-refractivity contribution is 5.94. The number of rotatable bonds is 4. The Labute approximate surface area is 154 Å². The van der Waals surface area contributed by atoms with Crippen molar-refractivity contribution in [1.29, 1.82) is 0 Å². The van der Waals surface area contributed by atoms with Crippen LogP contribution in [0.1, 0.15) is 60.3 Å². The lowest BCUT2D eigenvalue weighted by Gasteiger charge is -2.60. The van der Waals surface area contributed by atoms with Crippen LogP contribution in [0.5, 0.6) is 0 Å². The molecule has 0 radical (unpaired) electrons. The van der Waals surface area contributed by atoms with E-state index in [1.54, 1.807) is 0 Å². The second-order valence-corrected chi connectivity index (χ2v) is 9.25. The molecule has 140 valence electrons. The maximum absolute atomic E-state index is 13.1. The van der Waals surface area contributed by atoms with Crippen LogP contribution in [0.25, 0.3) is 0 Å². The summed E-state index contributed by atoms with van der Waals surface area (Å²) in [5.41, 5.74) is 2.45. The van der Waals surface area contributed by atoms with E-state index in [9.17, 15) is 9.59 Å². The van der Waals surface area contributed by atoms with Crippen LogP contribution in [0.3, 0.4) is 0 Å². The molecule has 4 saturated carbocycles. The minimum atomic E-state index is -0.0163. The molecule has 4 bridgehead atoms. The molecule has 6 nitrogen and oxygen atoms in total. The third-order valence-corrected chi connectivity index (χ3v) is 7.67. The van der Waals surface area contributed by atoms with E-state index in [-0.39, 0.29) is 23.3 Å². The number of aromatic nitrogens is 2. The summed E-state index contributed by atoms with van der Waals surface area (Å²) in [5.74, 6) is 2.07. The van der Waals surface area contributed by atoms with E-state index in [1.807, 2.05) is 18.7 Å². The number of amides is 2. The first-order valence-electron chi connectivity index (χ1n) is 10.1. The SMILES string of the molecule is Cc1[nH]nc(C(=O)N2CC3CCC2C(CNC(=O)C24CC(C2)C4)C3)c1C. The van der Waals surface area contributed by atoms with E-state index in [4.69, 9.17) is 0 Å². The lowest BCUT2D eigenvalue weighted by molar-refractivity contribution is -0.165. The first-order valence-corrected chi connectivity index (χ1v) is 10.1. The van der Waals surface area contributed by atoms with Crippen LogP contribution < -0.4 is 5.32 Å². The van der Waals surface area contributed by atoms with Crippen LogP contribution in [-0.2, 0) is 4.79 Å². The Kier molecular flexibility index (Phi) is 3.50. The van der Waals surface area contributed by atoms with Gasteiger partial charge in [-0.1, -0.05) is 0 Å². The fraction of sp³-hybridized carbons (Fsp3) is 0.750. The lowest BCUT2D eigenvalue weighted by atomic mass is 9.44. The van der Waals surface area contributed by atoms with Gasteiger partial charge in [0.25, 0.3) is 5.91 Å². The molecule has 2 aliphatic heterocycles. The van der Waals surface area contributed by atoms with E-state index in [2.05, 4.69) is 15.5 Å². The van der Waals surface area contributed by atoms with Crippen molar-refractivity contribution in [2.45, 2.75) is 58.4 Å². The highest BCUT2D eigenvalue weighted by Crippen LogP contribution is 2.64. The number of aromatic amines is 1. The van der Waals surface area contributed by atoms with Crippen molar-refractivity contribution in [3.63, 3.8) is 0 Å². The molecular formula is C20H28N4O2. The number of fused-ring (bicyclic) bond motifs is 3. The predicted molar refractivity (Wildman–Crippen MR) is 96.5 cm³/mol. The summed E-state index contributed by atoms with van der Waals surface area (Å²) in [4.78, 5) is 27.6. The molecule has 1 aromatic rings. The fourth-order valence-corrected chi connectivity index (χ4v) is 5.78. The molecule has 2 amide bonds. The van der Waals surface area contributed by atoms with Crippen LogP contribution in [0.15, 0.2) is 0 Å². The summed E-state index contributed by atoms with van der Waals surface area (Å²) in [6.45, 7) is 5.46. The van der Waals surface area contributed by atoms with E-state index in [0.717, 1.165) is 62.4 Å². The summed E-state index contributed by atoms with van der Waals surface area (Å²) < 4.78 is 0. The van der Waals surface area contributed by atoms with Crippen LogP contribution in [0.4, 0.5) is 0 Å². The molecule has 1 aromatic heterocycles. The Morgan fingerprint density at radius 1 is 1.23 bits per heavy atom. The van der Waals surface area contributed by atoms with Gasteiger partial charge in [0.05, 0.1) is 0 Å². The topological polar surface area (TPSA) is 78.1 Å². The molecule has 0 aromatic carbocycles. The number of aryl methyl sites for hydroxylation is 1. The quantitative estimate of drug-likeness (QED) is 0.868. The number of carbonyl (C=O) groups excluding carboxylic acids is 2. The van der Waals surface area contributed by atoms with Gasteiger partial charge in [-0.15, -0.1) is 0 Å². The largest absolute Gasteiger partial charge is 0.355 e. The molecule has 6 heteroatoms. The number of carbonyl (C=O) groups is 2. The lowest BCUT2D eigenvalue weighted by Crippen LogP contribution is -2.62. The zero-order valence-corrected chi connectivity index (χ0v) is 15.7. The molecule has 2 saturated heterocycles. The van der Waals surface area contributed by atoms with Gasteiger partial charge >= 0.3 is 0 Å².